The van der Waals surface area contributed by atoms with Crippen molar-refractivity contribution in [1.82, 2.24) is 25.3 Å². The van der Waals surface area contributed by atoms with E-state index in [0.29, 0.717) is 30.4 Å². The van der Waals surface area contributed by atoms with Crippen molar-refractivity contribution in [2.24, 2.45) is 10.4 Å². The summed E-state index contributed by atoms with van der Waals surface area (Å²) in [6, 6.07) is 5.80. The number of methoxy groups -OCH3 is 1. The molecule has 10 heteroatoms. The van der Waals surface area contributed by atoms with Gasteiger partial charge in [-0.2, -0.15) is 0 Å². The van der Waals surface area contributed by atoms with Crippen molar-refractivity contribution in [2.75, 3.05) is 52.2 Å². The molecule has 1 aromatic carbocycles. The molecule has 0 spiro atoms. The van der Waals surface area contributed by atoms with Crippen LogP contribution in [0.4, 0.5) is 5.69 Å². The van der Waals surface area contributed by atoms with E-state index in [-0.39, 0.29) is 11.8 Å². The molecular formula is C28H41N7O3. The molecule has 0 bridgehead atoms. The number of carbonyl (C=O) groups is 2. The average molecular weight is 524 g/mol. The van der Waals surface area contributed by atoms with Gasteiger partial charge in [-0.3, -0.25) is 9.59 Å². The smallest absolute Gasteiger partial charge is 0.251 e. The van der Waals surface area contributed by atoms with E-state index >= 15 is 0 Å². The van der Waals surface area contributed by atoms with Crippen LogP contribution in [-0.4, -0.2) is 91.9 Å². The number of amides is 2. The van der Waals surface area contributed by atoms with Crippen LogP contribution in [0, 0.1) is 5.41 Å². The molecule has 0 aromatic heterocycles. The highest BCUT2D eigenvalue weighted by Crippen LogP contribution is 2.36. The van der Waals surface area contributed by atoms with Crippen LogP contribution in [0.1, 0.15) is 56.3 Å². The van der Waals surface area contributed by atoms with Crippen LogP contribution in [-0.2, 0) is 4.79 Å². The molecule has 3 N–H and O–H groups in total. The Kier molecular flexibility index (Phi) is 7.52. The third kappa shape index (κ3) is 5.32. The van der Waals surface area contributed by atoms with Crippen molar-refractivity contribution in [3.63, 3.8) is 0 Å². The second-order valence-electron chi connectivity index (χ2n) is 11.4. The molecule has 10 nitrogen and oxygen atoms in total. The van der Waals surface area contributed by atoms with Gasteiger partial charge in [0, 0.05) is 38.3 Å². The number of aliphatic imine (C=N–C) groups is 1. The minimum Gasteiger partial charge on any atom is -0.495 e. The Morgan fingerprint density at radius 2 is 1.97 bits per heavy atom. The van der Waals surface area contributed by atoms with Crippen LogP contribution in [0.3, 0.4) is 0 Å². The van der Waals surface area contributed by atoms with Gasteiger partial charge in [-0.25, -0.2) is 4.99 Å². The van der Waals surface area contributed by atoms with E-state index in [9.17, 15) is 9.59 Å². The van der Waals surface area contributed by atoms with E-state index in [1.54, 1.807) is 30.4 Å². The largest absolute Gasteiger partial charge is 0.495 e. The molecule has 3 heterocycles. The predicted molar refractivity (Wildman–Crippen MR) is 148 cm³/mol. The van der Waals surface area contributed by atoms with E-state index < -0.39 is 11.7 Å². The van der Waals surface area contributed by atoms with Crippen molar-refractivity contribution < 1.29 is 14.3 Å². The first-order valence-electron chi connectivity index (χ1n) is 13.8. The van der Waals surface area contributed by atoms with Crippen molar-refractivity contribution in [3.8, 4) is 5.75 Å². The minimum atomic E-state index is -0.512. The fourth-order valence-electron chi connectivity index (χ4n) is 5.79. The van der Waals surface area contributed by atoms with Crippen molar-refractivity contribution >= 4 is 23.7 Å². The normalized spacial score (nSPS) is 23.5. The molecule has 1 atom stereocenters. The van der Waals surface area contributed by atoms with E-state index in [0.717, 1.165) is 49.7 Å². The van der Waals surface area contributed by atoms with E-state index in [1.165, 1.54) is 19.3 Å². The molecule has 1 aliphatic carbocycles. The zero-order valence-electron chi connectivity index (χ0n) is 23.0. The monoisotopic (exact) mass is 523 g/mol. The first kappa shape index (κ1) is 26.3. The molecular weight excluding hydrogens is 482 g/mol. The average Bonchev–Trinajstić information content (AvgIpc) is 3.40. The fraction of sp³-hybridized carbons (Fsp3) is 0.607. The van der Waals surface area contributed by atoms with E-state index in [4.69, 9.17) is 4.74 Å². The lowest BCUT2D eigenvalue weighted by Crippen LogP contribution is -2.48. The standard InChI is InChI=1S/C28H41N7O3/c1-28(2)18-35(20-8-5-6-9-20)24-22(33(3)26(28)37)17-30-27(32-24)31-21-11-10-19(16-23(21)38-4)25(36)29-12-15-34-13-7-14-34/h10-11,16-17,20,27,31-32H,5-9,12-15,18H2,1-4H3,(H,29,36). The second kappa shape index (κ2) is 10.8. The quantitative estimate of drug-likeness (QED) is 0.481. The maximum absolute atomic E-state index is 13.3. The van der Waals surface area contributed by atoms with Gasteiger partial charge in [0.1, 0.15) is 17.3 Å². The zero-order chi connectivity index (χ0) is 26.9. The Labute approximate surface area is 225 Å². The SMILES string of the molecule is COc1cc(C(=O)NCCN2CCC2)ccc1NC1N=CC2=C(N1)N(C1CCCC1)CC(C)(C)C(=O)N2C. The summed E-state index contributed by atoms with van der Waals surface area (Å²) in [5.74, 6) is 1.48. The van der Waals surface area contributed by atoms with Gasteiger partial charge in [0.15, 0.2) is 6.29 Å². The Morgan fingerprint density at radius 1 is 1.21 bits per heavy atom. The molecule has 3 aliphatic heterocycles. The molecule has 0 radical (unpaired) electrons. The summed E-state index contributed by atoms with van der Waals surface area (Å²) in [7, 11) is 3.43. The number of ether oxygens (including phenoxy) is 1. The summed E-state index contributed by atoms with van der Waals surface area (Å²) in [6.45, 7) is 8.43. The van der Waals surface area contributed by atoms with Gasteiger partial charge >= 0.3 is 0 Å². The number of hydrogen-bond acceptors (Lipinski definition) is 8. The molecule has 1 saturated carbocycles. The molecule has 206 valence electrons. The first-order chi connectivity index (χ1) is 18.3. The fourth-order valence-corrected chi connectivity index (χ4v) is 5.79. The van der Waals surface area contributed by atoms with Crippen LogP contribution in [0.2, 0.25) is 0 Å². The second-order valence-corrected chi connectivity index (χ2v) is 11.4. The highest BCUT2D eigenvalue weighted by Gasteiger charge is 2.42. The van der Waals surface area contributed by atoms with Crippen LogP contribution in [0.5, 0.6) is 5.75 Å². The summed E-state index contributed by atoms with van der Waals surface area (Å²) >= 11 is 0. The third-order valence-electron chi connectivity index (χ3n) is 8.14. The number of allylic oxidation sites excluding steroid dienone is 1. The summed E-state index contributed by atoms with van der Waals surface area (Å²) in [5.41, 5.74) is 1.57. The minimum absolute atomic E-state index is 0.0885. The first-order valence-corrected chi connectivity index (χ1v) is 13.8. The summed E-state index contributed by atoms with van der Waals surface area (Å²) in [6.07, 6.45) is 7.24. The van der Waals surface area contributed by atoms with Gasteiger partial charge < -0.3 is 35.4 Å². The Morgan fingerprint density at radius 3 is 2.66 bits per heavy atom. The summed E-state index contributed by atoms with van der Waals surface area (Å²) < 4.78 is 5.63. The highest BCUT2D eigenvalue weighted by molar-refractivity contribution is 5.95. The van der Waals surface area contributed by atoms with Gasteiger partial charge in [0.25, 0.3) is 5.91 Å². The van der Waals surface area contributed by atoms with Crippen LogP contribution < -0.4 is 20.7 Å². The number of likely N-dealkylation sites (tertiary alicyclic amines) is 1. The molecule has 38 heavy (non-hydrogen) atoms. The van der Waals surface area contributed by atoms with E-state index in [2.05, 4.69) is 30.7 Å². The maximum atomic E-state index is 13.3. The van der Waals surface area contributed by atoms with Crippen molar-refractivity contribution in [1.29, 1.82) is 0 Å². The number of hydrogen-bond donors (Lipinski definition) is 3. The van der Waals surface area contributed by atoms with Crippen LogP contribution in [0.15, 0.2) is 34.7 Å². The van der Waals surface area contributed by atoms with Crippen molar-refractivity contribution in [3.05, 3.63) is 35.3 Å². The lowest BCUT2D eigenvalue weighted by Gasteiger charge is -2.38. The molecule has 1 aromatic rings. The predicted octanol–water partition coefficient (Wildman–Crippen LogP) is 2.41. The number of rotatable bonds is 8. The lowest BCUT2D eigenvalue weighted by atomic mass is 9.90. The Hall–Kier alpha value is -3.27. The van der Waals surface area contributed by atoms with Crippen LogP contribution >= 0.6 is 0 Å². The number of nitrogens with one attached hydrogen (secondary N) is 3. The Balaban J connectivity index is 1.30. The number of carbonyl (C=O) groups excluding carboxylic acids is 2. The molecule has 1 unspecified atom stereocenters. The van der Waals surface area contributed by atoms with Gasteiger partial charge in [0.05, 0.1) is 24.4 Å². The zero-order valence-corrected chi connectivity index (χ0v) is 23.0. The topological polar surface area (TPSA) is 102 Å². The highest BCUT2D eigenvalue weighted by atomic mass is 16.5. The third-order valence-corrected chi connectivity index (χ3v) is 8.14. The van der Waals surface area contributed by atoms with Gasteiger partial charge in [-0.1, -0.05) is 12.8 Å². The molecule has 5 rings (SSSR count). The summed E-state index contributed by atoms with van der Waals surface area (Å²) in [4.78, 5) is 37.0. The number of nitrogens with zero attached hydrogens (tertiary/aromatic N) is 4. The van der Waals surface area contributed by atoms with Gasteiger partial charge in [-0.05, 0) is 64.4 Å². The number of anilines is 1. The molecule has 2 amide bonds. The number of benzene rings is 1. The maximum Gasteiger partial charge on any atom is 0.251 e. The molecule has 2 fully saturated rings. The van der Waals surface area contributed by atoms with Gasteiger partial charge in [0.2, 0.25) is 5.91 Å². The summed E-state index contributed by atoms with van der Waals surface area (Å²) in [5, 5.41) is 9.97. The lowest BCUT2D eigenvalue weighted by molar-refractivity contribution is -0.136. The molecule has 1 saturated heterocycles. The van der Waals surface area contributed by atoms with E-state index in [1.807, 2.05) is 27.0 Å². The molecule has 4 aliphatic rings. The Bertz CT molecular complexity index is 1120. The van der Waals surface area contributed by atoms with Crippen molar-refractivity contribution in [2.45, 2.75) is 58.3 Å². The van der Waals surface area contributed by atoms with Crippen LogP contribution in [0.25, 0.3) is 0 Å². The van der Waals surface area contributed by atoms with Gasteiger partial charge in [-0.15, -0.1) is 0 Å².